The summed E-state index contributed by atoms with van der Waals surface area (Å²) in [6, 6.07) is 23.1. The Bertz CT molecular complexity index is 1550. The predicted molar refractivity (Wildman–Crippen MR) is 157 cm³/mol. The van der Waals surface area contributed by atoms with Crippen LogP contribution in [0.25, 0.3) is 11.1 Å². The van der Waals surface area contributed by atoms with Gasteiger partial charge in [0.1, 0.15) is 5.52 Å². The summed E-state index contributed by atoms with van der Waals surface area (Å²) in [6.07, 6.45) is -0.425. The molecule has 0 bridgehead atoms. The van der Waals surface area contributed by atoms with Gasteiger partial charge in [-0.05, 0) is 29.7 Å². The van der Waals surface area contributed by atoms with E-state index in [4.69, 9.17) is 4.42 Å². The quantitative estimate of drug-likeness (QED) is 0.222. The monoisotopic (exact) mass is 598 g/mol. The Hall–Kier alpha value is -3.54. The molecule has 41 heavy (non-hydrogen) atoms. The van der Waals surface area contributed by atoms with Gasteiger partial charge in [0.25, 0.3) is 0 Å². The van der Waals surface area contributed by atoms with E-state index in [2.05, 4.69) is 10.3 Å². The molecule has 0 radical (unpaired) electrons. The molecule has 9 nitrogen and oxygen atoms in total. The normalized spacial score (nSPS) is 13.7. The Labute approximate surface area is 240 Å². The lowest BCUT2D eigenvalue weighted by atomic mass is 10.0. The van der Waals surface area contributed by atoms with Crippen molar-refractivity contribution in [2.24, 2.45) is 5.92 Å². The van der Waals surface area contributed by atoms with Crippen molar-refractivity contribution in [1.82, 2.24) is 10.3 Å². The average Bonchev–Trinajstić information content (AvgIpc) is 3.37. The van der Waals surface area contributed by atoms with Crippen LogP contribution in [0.5, 0.6) is 0 Å². The number of hydrogen-bond donors (Lipinski definition) is 2. The number of carbonyl (C=O) groups excluding carboxylic acids is 1. The second-order valence-corrected chi connectivity index (χ2v) is 14.4. The first-order valence-corrected chi connectivity index (χ1v) is 17.0. The van der Waals surface area contributed by atoms with Crippen LogP contribution in [0, 0.1) is 5.92 Å². The summed E-state index contributed by atoms with van der Waals surface area (Å²) >= 11 is 0. The molecule has 4 aromatic rings. The molecular weight excluding hydrogens is 564 g/mol. The summed E-state index contributed by atoms with van der Waals surface area (Å²) in [4.78, 5) is 17.9. The molecule has 0 aliphatic heterocycles. The number of sulfone groups is 2. The van der Waals surface area contributed by atoms with Gasteiger partial charge in [0.15, 0.2) is 31.4 Å². The minimum Gasteiger partial charge on any atom is -0.438 e. The number of hydrogen-bond acceptors (Lipinski definition) is 8. The zero-order valence-corrected chi connectivity index (χ0v) is 24.4. The number of para-hydroxylation sites is 2. The zero-order chi connectivity index (χ0) is 29.5. The Morgan fingerprint density at radius 1 is 0.829 bits per heavy atom. The minimum absolute atomic E-state index is 0.00917. The number of aromatic nitrogens is 1. The van der Waals surface area contributed by atoms with Crippen molar-refractivity contribution in [1.29, 1.82) is 0 Å². The van der Waals surface area contributed by atoms with Crippen molar-refractivity contribution in [2.75, 3.05) is 11.5 Å². The summed E-state index contributed by atoms with van der Waals surface area (Å²) < 4.78 is 58.4. The summed E-state index contributed by atoms with van der Waals surface area (Å²) in [6.45, 7) is 1.87. The molecule has 4 rings (SSSR count). The topological polar surface area (TPSA) is 144 Å². The van der Waals surface area contributed by atoms with E-state index in [-0.39, 0.29) is 17.4 Å². The van der Waals surface area contributed by atoms with Crippen LogP contribution in [0.4, 0.5) is 0 Å². The predicted octanol–water partition coefficient (Wildman–Crippen LogP) is 3.99. The fraction of sp³-hybridized carbons (Fsp3) is 0.333. The van der Waals surface area contributed by atoms with E-state index >= 15 is 0 Å². The van der Waals surface area contributed by atoms with E-state index in [1.807, 2.05) is 6.92 Å². The number of rotatable bonds is 14. The molecule has 0 saturated heterocycles. The first-order valence-electron chi connectivity index (χ1n) is 13.4. The van der Waals surface area contributed by atoms with Gasteiger partial charge in [-0.25, -0.2) is 21.8 Å². The third-order valence-electron chi connectivity index (χ3n) is 6.61. The highest BCUT2D eigenvalue weighted by molar-refractivity contribution is 7.91. The number of fused-ring (bicyclic) bond motifs is 1. The van der Waals surface area contributed by atoms with E-state index in [0.29, 0.717) is 35.1 Å². The Balaban J connectivity index is 1.57. The Morgan fingerprint density at radius 2 is 1.34 bits per heavy atom. The molecule has 0 aliphatic rings. The van der Waals surface area contributed by atoms with Gasteiger partial charge in [-0.1, -0.05) is 86.1 Å². The van der Waals surface area contributed by atoms with Gasteiger partial charge in [0, 0.05) is 0 Å². The van der Waals surface area contributed by atoms with Gasteiger partial charge in [-0.3, -0.25) is 4.79 Å². The lowest BCUT2D eigenvalue weighted by Gasteiger charge is -2.25. The summed E-state index contributed by atoms with van der Waals surface area (Å²) in [7, 11) is -7.76. The number of nitrogens with one attached hydrogen (secondary N) is 1. The van der Waals surface area contributed by atoms with Crippen molar-refractivity contribution in [3.05, 3.63) is 102 Å². The minimum atomic E-state index is -3.88. The van der Waals surface area contributed by atoms with E-state index in [0.717, 1.165) is 0 Å². The van der Waals surface area contributed by atoms with E-state index in [9.17, 15) is 26.7 Å². The number of oxazole rings is 1. The molecular formula is C30H34N2O7S2. The maximum atomic E-state index is 13.6. The molecule has 11 heteroatoms. The molecule has 0 spiro atoms. The highest BCUT2D eigenvalue weighted by atomic mass is 32.2. The second-order valence-electron chi connectivity index (χ2n) is 10.1. The van der Waals surface area contributed by atoms with E-state index < -0.39 is 55.2 Å². The molecule has 0 fully saturated rings. The van der Waals surface area contributed by atoms with Gasteiger partial charge < -0.3 is 14.8 Å². The summed E-state index contributed by atoms with van der Waals surface area (Å²) in [5.74, 6) is -4.16. The van der Waals surface area contributed by atoms with Gasteiger partial charge in [-0.15, -0.1) is 0 Å². The molecule has 0 aliphatic carbocycles. The van der Waals surface area contributed by atoms with Crippen LogP contribution in [0.15, 0.2) is 89.3 Å². The second kappa shape index (κ2) is 13.4. The zero-order valence-electron chi connectivity index (χ0n) is 22.7. The number of benzene rings is 3. The smallest absolute Gasteiger partial charge is 0.226 e. The maximum Gasteiger partial charge on any atom is 0.226 e. The number of aliphatic hydroxyl groups is 1. The molecule has 2 N–H and O–H groups in total. The van der Waals surface area contributed by atoms with Gasteiger partial charge in [-0.2, -0.15) is 0 Å². The highest BCUT2D eigenvalue weighted by Gasteiger charge is 2.34. The Kier molecular flexibility index (Phi) is 9.95. The number of amides is 1. The van der Waals surface area contributed by atoms with Gasteiger partial charge in [0.05, 0.1) is 35.0 Å². The van der Waals surface area contributed by atoms with Crippen molar-refractivity contribution in [3.8, 4) is 0 Å². The van der Waals surface area contributed by atoms with Crippen molar-refractivity contribution < 1.29 is 31.2 Å². The lowest BCUT2D eigenvalue weighted by Crippen LogP contribution is -2.46. The third-order valence-corrected chi connectivity index (χ3v) is 9.98. The van der Waals surface area contributed by atoms with Crippen LogP contribution >= 0.6 is 0 Å². The molecule has 2 atom stereocenters. The van der Waals surface area contributed by atoms with Crippen LogP contribution in [-0.2, 0) is 36.0 Å². The van der Waals surface area contributed by atoms with Crippen LogP contribution in [-0.4, -0.2) is 50.4 Å². The molecule has 1 unspecified atom stereocenters. The molecule has 218 valence electrons. The van der Waals surface area contributed by atoms with Crippen LogP contribution < -0.4 is 5.32 Å². The number of aliphatic hydroxyl groups excluding tert-OH is 1. The lowest BCUT2D eigenvalue weighted by molar-refractivity contribution is -0.125. The maximum absolute atomic E-state index is 13.6. The molecule has 1 amide bonds. The SMILES string of the molecule is CCC[C@H](NC(=O)C(CS(=O)(=O)Cc1ccccc1)CS(=O)(=O)Cc1ccccc1)C(O)c1nc2ccccc2o1. The first-order chi connectivity index (χ1) is 19.5. The van der Waals surface area contributed by atoms with Crippen LogP contribution in [0.1, 0.15) is 42.9 Å². The van der Waals surface area contributed by atoms with Crippen molar-refractivity contribution in [3.63, 3.8) is 0 Å². The standard InChI is InChI=1S/C30H34N2O7S2/c1-2-11-26(28(33)30-32-25-16-9-10-17-27(25)39-30)31-29(34)24(20-40(35,36)18-22-12-5-3-6-13-22)21-41(37,38)19-23-14-7-4-8-15-23/h3-10,12-17,24,26,28,33H,2,11,18-21H2,1H3,(H,31,34)/t26-,28?/m0/s1. The van der Waals surface area contributed by atoms with Crippen molar-refractivity contribution >= 4 is 36.7 Å². The highest BCUT2D eigenvalue weighted by Crippen LogP contribution is 2.25. The Morgan fingerprint density at radius 3 is 1.85 bits per heavy atom. The van der Waals surface area contributed by atoms with E-state index in [1.54, 1.807) is 84.9 Å². The average molecular weight is 599 g/mol. The molecule has 1 heterocycles. The summed E-state index contributed by atoms with van der Waals surface area (Å²) in [5, 5.41) is 13.8. The number of carbonyl (C=O) groups is 1. The fourth-order valence-electron chi connectivity index (χ4n) is 4.70. The van der Waals surface area contributed by atoms with Crippen LogP contribution in [0.2, 0.25) is 0 Å². The van der Waals surface area contributed by atoms with Gasteiger partial charge in [0.2, 0.25) is 11.8 Å². The molecule has 0 saturated carbocycles. The molecule has 1 aromatic heterocycles. The van der Waals surface area contributed by atoms with Crippen LogP contribution in [0.3, 0.4) is 0 Å². The van der Waals surface area contributed by atoms with E-state index in [1.165, 1.54) is 0 Å². The fourth-order valence-corrected chi connectivity index (χ4v) is 8.25. The molecule has 3 aromatic carbocycles. The number of nitrogens with zero attached hydrogens (tertiary/aromatic N) is 1. The third kappa shape index (κ3) is 8.72. The largest absolute Gasteiger partial charge is 0.438 e. The summed E-state index contributed by atoms with van der Waals surface area (Å²) in [5.41, 5.74) is 2.09. The van der Waals surface area contributed by atoms with Crippen molar-refractivity contribution in [2.45, 2.75) is 43.4 Å². The first kappa shape index (κ1) is 30.4. The van der Waals surface area contributed by atoms with Gasteiger partial charge >= 0.3 is 0 Å².